The Balaban J connectivity index is 1.91. The molecule has 0 fully saturated rings. The van der Waals surface area contributed by atoms with E-state index < -0.39 is 27.7 Å². The van der Waals surface area contributed by atoms with Crippen molar-refractivity contribution in [2.45, 2.75) is 17.9 Å². The summed E-state index contributed by atoms with van der Waals surface area (Å²) in [6.45, 7) is 1.38. The lowest BCUT2D eigenvalue weighted by molar-refractivity contribution is 0.268. The lowest BCUT2D eigenvalue weighted by Crippen LogP contribution is -2.16. The van der Waals surface area contributed by atoms with Crippen LogP contribution in [0.5, 0.6) is 0 Å². The number of benzene rings is 3. The number of nitrogens with one attached hydrogen (secondary N) is 1. The summed E-state index contributed by atoms with van der Waals surface area (Å²) in [6, 6.07) is 13.3. The largest absolute Gasteiger partial charge is 0.394 e. The molecule has 152 valence electrons. The van der Waals surface area contributed by atoms with Crippen molar-refractivity contribution in [1.82, 2.24) is 0 Å². The molecular formula is C21H20F2N2O3S. The SMILES string of the molecule is Cc1cc(S(=O)(=O)Nc2cccc([C@H](N)CO)c2)ccc1-c1ccc(F)cc1F. The zero-order valence-electron chi connectivity index (χ0n) is 15.6. The fourth-order valence-corrected chi connectivity index (χ4v) is 4.10. The molecule has 3 aromatic rings. The third kappa shape index (κ3) is 4.61. The van der Waals surface area contributed by atoms with Crippen LogP contribution in [0.1, 0.15) is 17.2 Å². The number of aliphatic hydroxyl groups excluding tert-OH is 1. The highest BCUT2D eigenvalue weighted by Crippen LogP contribution is 2.29. The van der Waals surface area contributed by atoms with Gasteiger partial charge in [-0.2, -0.15) is 0 Å². The van der Waals surface area contributed by atoms with Gasteiger partial charge in [0.05, 0.1) is 17.5 Å². The number of rotatable bonds is 6. The summed E-state index contributed by atoms with van der Waals surface area (Å²) in [5.74, 6) is -1.41. The van der Waals surface area contributed by atoms with Gasteiger partial charge in [-0.1, -0.05) is 18.2 Å². The lowest BCUT2D eigenvalue weighted by Gasteiger charge is -2.14. The van der Waals surface area contributed by atoms with E-state index in [2.05, 4.69) is 4.72 Å². The summed E-state index contributed by atoms with van der Waals surface area (Å²) in [7, 11) is -3.91. The number of aryl methyl sites for hydroxylation is 1. The van der Waals surface area contributed by atoms with Crippen molar-refractivity contribution in [2.24, 2.45) is 5.73 Å². The molecule has 29 heavy (non-hydrogen) atoms. The minimum atomic E-state index is -3.91. The van der Waals surface area contributed by atoms with Gasteiger partial charge in [0.2, 0.25) is 0 Å². The van der Waals surface area contributed by atoms with Crippen LogP contribution in [0.25, 0.3) is 11.1 Å². The van der Waals surface area contributed by atoms with Gasteiger partial charge in [-0.3, -0.25) is 4.72 Å². The smallest absolute Gasteiger partial charge is 0.261 e. The van der Waals surface area contributed by atoms with Gasteiger partial charge in [0, 0.05) is 17.3 Å². The zero-order valence-corrected chi connectivity index (χ0v) is 16.4. The van der Waals surface area contributed by atoms with Gasteiger partial charge in [-0.25, -0.2) is 17.2 Å². The van der Waals surface area contributed by atoms with E-state index in [0.717, 1.165) is 12.1 Å². The topological polar surface area (TPSA) is 92.4 Å². The number of hydrogen-bond acceptors (Lipinski definition) is 4. The monoisotopic (exact) mass is 418 g/mol. The van der Waals surface area contributed by atoms with Crippen molar-refractivity contribution in [3.63, 3.8) is 0 Å². The van der Waals surface area contributed by atoms with Gasteiger partial charge in [0.1, 0.15) is 11.6 Å². The first-order valence-corrected chi connectivity index (χ1v) is 10.2. The molecule has 0 bridgehead atoms. The minimum Gasteiger partial charge on any atom is -0.394 e. The van der Waals surface area contributed by atoms with E-state index >= 15 is 0 Å². The Kier molecular flexibility index (Phi) is 5.97. The molecule has 0 spiro atoms. The number of hydrogen-bond donors (Lipinski definition) is 3. The third-order valence-corrected chi connectivity index (χ3v) is 5.87. The molecule has 0 aliphatic carbocycles. The molecule has 0 saturated carbocycles. The molecule has 0 unspecified atom stereocenters. The number of halogens is 2. The van der Waals surface area contributed by atoms with Crippen molar-refractivity contribution in [1.29, 1.82) is 0 Å². The summed E-state index contributed by atoms with van der Waals surface area (Å²) >= 11 is 0. The Morgan fingerprint density at radius 3 is 2.41 bits per heavy atom. The van der Waals surface area contributed by atoms with E-state index in [1.54, 1.807) is 31.2 Å². The molecule has 5 nitrogen and oxygen atoms in total. The fourth-order valence-electron chi connectivity index (χ4n) is 2.97. The van der Waals surface area contributed by atoms with Gasteiger partial charge in [0.25, 0.3) is 10.0 Å². The van der Waals surface area contributed by atoms with Gasteiger partial charge >= 0.3 is 0 Å². The molecule has 0 amide bonds. The molecule has 4 N–H and O–H groups in total. The average molecular weight is 418 g/mol. The Bertz CT molecular complexity index is 1150. The molecular weight excluding hydrogens is 398 g/mol. The summed E-state index contributed by atoms with van der Waals surface area (Å²) in [6.07, 6.45) is 0. The van der Waals surface area contributed by atoms with E-state index in [1.807, 2.05) is 0 Å². The van der Waals surface area contributed by atoms with Crippen LogP contribution in [0.4, 0.5) is 14.5 Å². The van der Waals surface area contributed by atoms with Gasteiger partial charge in [0.15, 0.2) is 0 Å². The van der Waals surface area contributed by atoms with Crippen molar-refractivity contribution in [2.75, 3.05) is 11.3 Å². The Morgan fingerprint density at radius 1 is 1.03 bits per heavy atom. The fraction of sp³-hybridized carbons (Fsp3) is 0.143. The molecule has 3 rings (SSSR count). The molecule has 0 aliphatic heterocycles. The first kappa shape index (κ1) is 20.9. The first-order chi connectivity index (χ1) is 13.7. The lowest BCUT2D eigenvalue weighted by atomic mass is 10.0. The summed E-state index contributed by atoms with van der Waals surface area (Å²) in [4.78, 5) is -0.00173. The highest BCUT2D eigenvalue weighted by atomic mass is 32.2. The van der Waals surface area contributed by atoms with Gasteiger partial charge in [-0.15, -0.1) is 0 Å². The quantitative estimate of drug-likeness (QED) is 0.569. The molecule has 1 atom stereocenters. The number of anilines is 1. The average Bonchev–Trinajstić information content (AvgIpc) is 2.67. The second kappa shape index (κ2) is 8.28. The number of nitrogens with two attached hydrogens (primary N) is 1. The standard InChI is InChI=1S/C21H20F2N2O3S/c1-13-9-17(6-8-18(13)19-7-5-15(22)11-20(19)23)29(27,28)25-16-4-2-3-14(10-16)21(24)12-26/h2-11,21,25-26H,12,24H2,1H3/t21-/m1/s1. The first-order valence-electron chi connectivity index (χ1n) is 8.76. The summed E-state index contributed by atoms with van der Waals surface area (Å²) < 4.78 is 55.2. The van der Waals surface area contributed by atoms with Crippen molar-refractivity contribution >= 4 is 15.7 Å². The Hall–Kier alpha value is -2.81. The highest BCUT2D eigenvalue weighted by molar-refractivity contribution is 7.92. The predicted octanol–water partition coefficient (Wildman–Crippen LogP) is 3.73. The van der Waals surface area contributed by atoms with Crippen LogP contribution in [0.2, 0.25) is 0 Å². The van der Waals surface area contributed by atoms with Gasteiger partial charge < -0.3 is 10.8 Å². The highest BCUT2D eigenvalue weighted by Gasteiger charge is 2.18. The molecule has 0 heterocycles. The van der Waals surface area contributed by atoms with Crippen LogP contribution in [-0.4, -0.2) is 20.1 Å². The molecule has 0 saturated heterocycles. The van der Waals surface area contributed by atoms with E-state index in [9.17, 15) is 17.2 Å². The second-order valence-electron chi connectivity index (χ2n) is 6.62. The van der Waals surface area contributed by atoms with E-state index in [1.165, 1.54) is 24.3 Å². The zero-order chi connectivity index (χ0) is 21.2. The minimum absolute atomic E-state index is 0.00173. The maximum atomic E-state index is 14.1. The van der Waals surface area contributed by atoms with E-state index in [0.29, 0.717) is 22.4 Å². The molecule has 3 aromatic carbocycles. The van der Waals surface area contributed by atoms with E-state index in [-0.39, 0.29) is 17.1 Å². The Labute approximate surface area is 167 Å². The second-order valence-corrected chi connectivity index (χ2v) is 8.30. The molecule has 0 aromatic heterocycles. The molecule has 8 heteroatoms. The third-order valence-electron chi connectivity index (χ3n) is 4.49. The van der Waals surface area contributed by atoms with Crippen LogP contribution >= 0.6 is 0 Å². The van der Waals surface area contributed by atoms with Crippen LogP contribution < -0.4 is 10.5 Å². The molecule has 0 radical (unpaired) electrons. The summed E-state index contributed by atoms with van der Waals surface area (Å²) in [5, 5.41) is 9.16. The Morgan fingerprint density at radius 2 is 1.76 bits per heavy atom. The summed E-state index contributed by atoms with van der Waals surface area (Å²) in [5.41, 5.74) is 7.84. The van der Waals surface area contributed by atoms with Crippen LogP contribution in [-0.2, 0) is 10.0 Å². The maximum Gasteiger partial charge on any atom is 0.261 e. The van der Waals surface area contributed by atoms with Crippen LogP contribution in [0.3, 0.4) is 0 Å². The normalized spacial score (nSPS) is 12.6. The van der Waals surface area contributed by atoms with Crippen molar-refractivity contribution < 1.29 is 22.3 Å². The molecule has 0 aliphatic rings. The number of aliphatic hydroxyl groups is 1. The number of sulfonamides is 1. The van der Waals surface area contributed by atoms with Crippen LogP contribution in [0.15, 0.2) is 65.6 Å². The maximum absolute atomic E-state index is 14.1. The van der Waals surface area contributed by atoms with Crippen LogP contribution in [0, 0.1) is 18.6 Å². The van der Waals surface area contributed by atoms with E-state index in [4.69, 9.17) is 10.8 Å². The van der Waals surface area contributed by atoms with Crippen molar-refractivity contribution in [3.05, 3.63) is 83.4 Å². The van der Waals surface area contributed by atoms with Crippen molar-refractivity contribution in [3.8, 4) is 11.1 Å². The van der Waals surface area contributed by atoms with Gasteiger partial charge in [-0.05, 0) is 60.0 Å². The predicted molar refractivity (Wildman–Crippen MR) is 108 cm³/mol.